The zero-order valence-electron chi connectivity index (χ0n) is 13.1. The number of benzene rings is 2. The molecule has 0 bridgehead atoms. The molecule has 2 aromatic carbocycles. The molecule has 116 valence electrons. The van der Waals surface area contributed by atoms with Crippen molar-refractivity contribution in [1.29, 1.82) is 0 Å². The van der Waals surface area contributed by atoms with Crippen molar-refractivity contribution in [1.82, 2.24) is 5.32 Å². The third-order valence-electron chi connectivity index (χ3n) is 3.32. The summed E-state index contributed by atoms with van der Waals surface area (Å²) >= 11 is 0. The molecule has 0 heterocycles. The molecule has 0 spiro atoms. The van der Waals surface area contributed by atoms with Crippen molar-refractivity contribution < 1.29 is 9.53 Å². The van der Waals surface area contributed by atoms with E-state index in [2.05, 4.69) is 16.7 Å². The molecule has 1 amide bonds. The lowest BCUT2D eigenvalue weighted by Gasteiger charge is -2.09. The van der Waals surface area contributed by atoms with E-state index in [0.717, 1.165) is 17.0 Å². The Balaban J connectivity index is 1.71. The largest absolute Gasteiger partial charge is 0.497 e. The van der Waals surface area contributed by atoms with Crippen LogP contribution in [-0.2, 0) is 11.3 Å². The number of rotatable bonds is 7. The Morgan fingerprint density at radius 1 is 1.14 bits per heavy atom. The fourth-order valence-corrected chi connectivity index (χ4v) is 2.16. The summed E-state index contributed by atoms with van der Waals surface area (Å²) in [5.74, 6) is 0.839. The van der Waals surface area contributed by atoms with Gasteiger partial charge in [-0.15, -0.1) is 0 Å². The molecule has 2 aromatic rings. The summed E-state index contributed by atoms with van der Waals surface area (Å²) in [5, 5.41) is 6.15. The van der Waals surface area contributed by atoms with Gasteiger partial charge in [-0.25, -0.2) is 0 Å². The number of ether oxygens (including phenoxy) is 1. The maximum Gasteiger partial charge on any atom is 0.222 e. The van der Waals surface area contributed by atoms with E-state index < -0.39 is 0 Å². The van der Waals surface area contributed by atoms with E-state index in [-0.39, 0.29) is 5.91 Å². The van der Waals surface area contributed by atoms with Crippen LogP contribution in [0, 0.1) is 6.92 Å². The first-order valence-electron chi connectivity index (χ1n) is 7.37. The summed E-state index contributed by atoms with van der Waals surface area (Å²) in [6.07, 6.45) is 0.434. The quantitative estimate of drug-likeness (QED) is 0.825. The Hall–Kier alpha value is -2.49. The molecule has 4 heteroatoms. The number of carbonyl (C=O) groups excluding carboxylic acids is 1. The van der Waals surface area contributed by atoms with Crippen LogP contribution in [0.25, 0.3) is 0 Å². The van der Waals surface area contributed by atoms with Crippen molar-refractivity contribution in [3.05, 3.63) is 59.7 Å². The molecule has 0 aromatic heterocycles. The molecule has 0 aliphatic carbocycles. The van der Waals surface area contributed by atoms with Gasteiger partial charge in [0.15, 0.2) is 0 Å². The van der Waals surface area contributed by atoms with Crippen molar-refractivity contribution in [3.8, 4) is 5.75 Å². The Bertz CT molecular complexity index is 626. The smallest absolute Gasteiger partial charge is 0.222 e. The number of nitrogens with one attached hydrogen (secondary N) is 2. The highest BCUT2D eigenvalue weighted by Crippen LogP contribution is 2.16. The van der Waals surface area contributed by atoms with E-state index in [4.69, 9.17) is 4.74 Å². The number of aryl methyl sites for hydroxylation is 1. The Kier molecular flexibility index (Phi) is 5.83. The topological polar surface area (TPSA) is 50.4 Å². The first-order chi connectivity index (χ1) is 10.7. The summed E-state index contributed by atoms with van der Waals surface area (Å²) in [4.78, 5) is 11.8. The lowest BCUT2D eigenvalue weighted by molar-refractivity contribution is -0.121. The summed E-state index contributed by atoms with van der Waals surface area (Å²) in [6.45, 7) is 3.20. The van der Waals surface area contributed by atoms with E-state index in [1.54, 1.807) is 7.11 Å². The molecular formula is C18H22N2O2. The maximum atomic E-state index is 11.8. The highest BCUT2D eigenvalue weighted by atomic mass is 16.5. The van der Waals surface area contributed by atoms with Crippen LogP contribution in [-0.4, -0.2) is 19.6 Å². The first-order valence-corrected chi connectivity index (χ1v) is 7.37. The van der Waals surface area contributed by atoms with E-state index in [1.165, 1.54) is 5.56 Å². The zero-order valence-corrected chi connectivity index (χ0v) is 13.1. The minimum atomic E-state index is 0.0388. The van der Waals surface area contributed by atoms with Crippen LogP contribution in [0.4, 0.5) is 5.69 Å². The van der Waals surface area contributed by atoms with Crippen molar-refractivity contribution >= 4 is 11.6 Å². The third kappa shape index (κ3) is 5.13. The molecule has 0 saturated carbocycles. The number of carbonyl (C=O) groups is 1. The van der Waals surface area contributed by atoms with Gasteiger partial charge in [0.05, 0.1) is 7.11 Å². The lowest BCUT2D eigenvalue weighted by atomic mass is 10.1. The van der Waals surface area contributed by atoms with Gasteiger partial charge >= 0.3 is 0 Å². The number of hydrogen-bond acceptors (Lipinski definition) is 3. The molecule has 0 radical (unpaired) electrons. The average molecular weight is 298 g/mol. The van der Waals surface area contributed by atoms with E-state index in [9.17, 15) is 4.79 Å². The van der Waals surface area contributed by atoms with Crippen molar-refractivity contribution in [2.45, 2.75) is 19.9 Å². The second-order valence-electron chi connectivity index (χ2n) is 5.17. The monoisotopic (exact) mass is 298 g/mol. The molecule has 2 rings (SSSR count). The third-order valence-corrected chi connectivity index (χ3v) is 3.32. The normalized spacial score (nSPS) is 10.1. The van der Waals surface area contributed by atoms with Gasteiger partial charge in [-0.3, -0.25) is 4.79 Å². The first kappa shape index (κ1) is 15.9. The molecule has 4 nitrogen and oxygen atoms in total. The molecule has 0 unspecified atom stereocenters. The number of methoxy groups -OCH3 is 1. The van der Waals surface area contributed by atoms with E-state index >= 15 is 0 Å². The predicted molar refractivity (Wildman–Crippen MR) is 89.1 cm³/mol. The van der Waals surface area contributed by atoms with Crippen LogP contribution >= 0.6 is 0 Å². The molecule has 2 N–H and O–H groups in total. The Labute approximate surface area is 131 Å². The van der Waals surface area contributed by atoms with Gasteiger partial charge in [-0.1, -0.05) is 35.9 Å². The van der Waals surface area contributed by atoms with Gasteiger partial charge in [0.2, 0.25) is 5.91 Å². The number of anilines is 1. The van der Waals surface area contributed by atoms with Gasteiger partial charge in [-0.2, -0.15) is 0 Å². The second kappa shape index (κ2) is 8.08. The van der Waals surface area contributed by atoms with Crippen molar-refractivity contribution in [2.75, 3.05) is 19.0 Å². The van der Waals surface area contributed by atoms with Crippen LogP contribution in [0.3, 0.4) is 0 Å². The number of amides is 1. The zero-order chi connectivity index (χ0) is 15.8. The minimum absolute atomic E-state index is 0.0388. The summed E-state index contributed by atoms with van der Waals surface area (Å²) in [7, 11) is 1.64. The van der Waals surface area contributed by atoms with Crippen LogP contribution < -0.4 is 15.4 Å². The molecule has 0 aliphatic rings. The molecule has 0 fully saturated rings. The summed E-state index contributed by atoms with van der Waals surface area (Å²) in [5.41, 5.74) is 3.27. The summed E-state index contributed by atoms with van der Waals surface area (Å²) in [6, 6.07) is 15.8. The maximum absolute atomic E-state index is 11.8. The predicted octanol–water partition coefficient (Wildman–Crippen LogP) is 3.12. The van der Waals surface area contributed by atoms with Gasteiger partial charge in [-0.05, 0) is 24.6 Å². The van der Waals surface area contributed by atoms with Crippen molar-refractivity contribution in [2.24, 2.45) is 0 Å². The Morgan fingerprint density at radius 3 is 2.73 bits per heavy atom. The van der Waals surface area contributed by atoms with Crippen LogP contribution in [0.15, 0.2) is 48.5 Å². The number of hydrogen-bond donors (Lipinski definition) is 2. The molecule has 0 atom stereocenters. The van der Waals surface area contributed by atoms with Crippen LogP contribution in [0.5, 0.6) is 5.75 Å². The van der Waals surface area contributed by atoms with Gasteiger partial charge in [0, 0.05) is 31.3 Å². The van der Waals surface area contributed by atoms with E-state index in [0.29, 0.717) is 19.5 Å². The standard InChI is InChI=1S/C18H22N2O2/c1-14-5-3-6-15(11-14)13-20-18(21)9-10-19-16-7-4-8-17(12-16)22-2/h3-8,11-12,19H,9-10,13H2,1-2H3,(H,20,21). The van der Waals surface area contributed by atoms with E-state index in [1.807, 2.05) is 49.4 Å². The van der Waals surface area contributed by atoms with Crippen molar-refractivity contribution in [3.63, 3.8) is 0 Å². The molecule has 0 aliphatic heterocycles. The van der Waals surface area contributed by atoms with Gasteiger partial charge in [0.25, 0.3) is 0 Å². The fraction of sp³-hybridized carbons (Fsp3) is 0.278. The lowest BCUT2D eigenvalue weighted by Crippen LogP contribution is -2.24. The molecule has 22 heavy (non-hydrogen) atoms. The highest BCUT2D eigenvalue weighted by molar-refractivity contribution is 5.76. The average Bonchev–Trinajstić information content (AvgIpc) is 2.53. The van der Waals surface area contributed by atoms with Crippen LogP contribution in [0.2, 0.25) is 0 Å². The SMILES string of the molecule is COc1cccc(NCCC(=O)NCc2cccc(C)c2)c1. The summed E-state index contributed by atoms with van der Waals surface area (Å²) < 4.78 is 5.16. The van der Waals surface area contributed by atoms with Gasteiger partial charge in [0.1, 0.15) is 5.75 Å². The van der Waals surface area contributed by atoms with Gasteiger partial charge < -0.3 is 15.4 Å². The second-order valence-corrected chi connectivity index (χ2v) is 5.17. The van der Waals surface area contributed by atoms with Crippen LogP contribution in [0.1, 0.15) is 17.5 Å². The molecular weight excluding hydrogens is 276 g/mol. The minimum Gasteiger partial charge on any atom is -0.497 e. The fourth-order valence-electron chi connectivity index (χ4n) is 2.16. The molecule has 0 saturated heterocycles. The highest BCUT2D eigenvalue weighted by Gasteiger charge is 2.02. The Morgan fingerprint density at radius 2 is 1.95 bits per heavy atom.